The lowest BCUT2D eigenvalue weighted by molar-refractivity contribution is -0.385. The minimum Gasteiger partial charge on any atom is -0.493 e. The van der Waals surface area contributed by atoms with Crippen LogP contribution in [0.2, 0.25) is 0 Å². The molecule has 2 aromatic carbocycles. The van der Waals surface area contributed by atoms with Crippen LogP contribution in [-0.4, -0.2) is 17.8 Å². The highest BCUT2D eigenvalue weighted by atomic mass is 16.6. The van der Waals surface area contributed by atoms with Crippen LogP contribution < -0.4 is 9.47 Å². The Morgan fingerprint density at radius 3 is 2.36 bits per heavy atom. The molecule has 6 heteroatoms. The Morgan fingerprint density at radius 2 is 1.77 bits per heavy atom. The molecule has 2 rings (SSSR count). The predicted molar refractivity (Wildman–Crippen MR) is 80.9 cm³/mol. The number of carbonyl (C=O) groups excluding carboxylic acids is 1. The molecule has 0 fully saturated rings. The number of benzene rings is 2. The van der Waals surface area contributed by atoms with Gasteiger partial charge in [0, 0.05) is 11.6 Å². The lowest BCUT2D eigenvalue weighted by Gasteiger charge is -2.11. The third kappa shape index (κ3) is 3.22. The van der Waals surface area contributed by atoms with Crippen LogP contribution >= 0.6 is 0 Å². The Labute approximate surface area is 127 Å². The maximum atomic E-state index is 11.3. The third-order valence-electron chi connectivity index (χ3n) is 3.10. The Morgan fingerprint density at radius 1 is 1.09 bits per heavy atom. The van der Waals surface area contributed by atoms with Gasteiger partial charge in [-0.1, -0.05) is 6.07 Å². The van der Waals surface area contributed by atoms with E-state index in [1.54, 1.807) is 12.1 Å². The monoisotopic (exact) mass is 301 g/mol. The average Bonchev–Trinajstić information content (AvgIpc) is 2.48. The molecule has 22 heavy (non-hydrogen) atoms. The van der Waals surface area contributed by atoms with Gasteiger partial charge >= 0.3 is 5.69 Å². The van der Waals surface area contributed by atoms with Gasteiger partial charge in [-0.15, -0.1) is 0 Å². The Bertz CT molecular complexity index is 739. The first kappa shape index (κ1) is 15.5. The van der Waals surface area contributed by atoms with E-state index >= 15 is 0 Å². The van der Waals surface area contributed by atoms with Crippen molar-refractivity contribution in [2.45, 2.75) is 13.8 Å². The van der Waals surface area contributed by atoms with Crippen LogP contribution in [0.1, 0.15) is 22.8 Å². The van der Waals surface area contributed by atoms with E-state index in [4.69, 9.17) is 9.47 Å². The molecular formula is C16H15NO5. The van der Waals surface area contributed by atoms with Gasteiger partial charge in [0.05, 0.1) is 12.0 Å². The zero-order valence-electron chi connectivity index (χ0n) is 12.5. The Kier molecular flexibility index (Phi) is 4.41. The van der Waals surface area contributed by atoms with Crippen LogP contribution in [0.3, 0.4) is 0 Å². The number of nitro benzene ring substituents is 1. The maximum absolute atomic E-state index is 11.3. The smallest absolute Gasteiger partial charge is 0.312 e. The van der Waals surface area contributed by atoms with E-state index in [1.807, 2.05) is 13.0 Å². The summed E-state index contributed by atoms with van der Waals surface area (Å²) in [6.07, 6.45) is 0. The lowest BCUT2D eigenvalue weighted by Crippen LogP contribution is -1.99. The molecule has 0 saturated heterocycles. The lowest BCUT2D eigenvalue weighted by atomic mass is 10.1. The number of hydrogen-bond acceptors (Lipinski definition) is 5. The predicted octanol–water partition coefficient (Wildman–Crippen LogP) is 3.91. The molecule has 0 aromatic heterocycles. The van der Waals surface area contributed by atoms with Gasteiger partial charge in [-0.25, -0.2) is 0 Å². The molecule has 0 radical (unpaired) electrons. The van der Waals surface area contributed by atoms with Gasteiger partial charge in [-0.2, -0.15) is 0 Å². The van der Waals surface area contributed by atoms with Gasteiger partial charge < -0.3 is 9.47 Å². The van der Waals surface area contributed by atoms with Crippen molar-refractivity contribution in [2.75, 3.05) is 7.11 Å². The van der Waals surface area contributed by atoms with Crippen LogP contribution in [0.25, 0.3) is 0 Å². The van der Waals surface area contributed by atoms with E-state index in [1.165, 1.54) is 32.2 Å². The summed E-state index contributed by atoms with van der Waals surface area (Å²) >= 11 is 0. The highest BCUT2D eigenvalue weighted by Crippen LogP contribution is 2.37. The fourth-order valence-electron chi connectivity index (χ4n) is 1.94. The molecule has 0 aliphatic carbocycles. The SMILES string of the molecule is COc1cc(C)ccc1Oc1ccc(C(C)=O)cc1[N+](=O)[O-]. The number of aryl methyl sites for hydroxylation is 1. The van der Waals surface area contributed by atoms with Crippen molar-refractivity contribution in [3.8, 4) is 17.2 Å². The molecule has 0 saturated carbocycles. The summed E-state index contributed by atoms with van der Waals surface area (Å²) in [4.78, 5) is 21.9. The van der Waals surface area contributed by atoms with Crippen LogP contribution in [0.4, 0.5) is 5.69 Å². The summed E-state index contributed by atoms with van der Waals surface area (Å²) in [5.74, 6) is 0.649. The minimum atomic E-state index is -0.581. The summed E-state index contributed by atoms with van der Waals surface area (Å²) in [6.45, 7) is 3.25. The van der Waals surface area contributed by atoms with Crippen LogP contribution in [0, 0.1) is 17.0 Å². The molecule has 0 spiro atoms. The first-order valence-corrected chi connectivity index (χ1v) is 6.54. The normalized spacial score (nSPS) is 10.1. The van der Waals surface area contributed by atoms with Crippen molar-refractivity contribution in [3.63, 3.8) is 0 Å². The van der Waals surface area contributed by atoms with E-state index < -0.39 is 4.92 Å². The maximum Gasteiger partial charge on any atom is 0.312 e. The Hall–Kier alpha value is -2.89. The van der Waals surface area contributed by atoms with Crippen LogP contribution in [0.15, 0.2) is 36.4 Å². The average molecular weight is 301 g/mol. The third-order valence-corrected chi connectivity index (χ3v) is 3.10. The number of nitrogens with zero attached hydrogens (tertiary/aromatic N) is 1. The van der Waals surface area contributed by atoms with E-state index in [0.717, 1.165) is 5.56 Å². The van der Waals surface area contributed by atoms with Crippen molar-refractivity contribution in [1.29, 1.82) is 0 Å². The largest absolute Gasteiger partial charge is 0.493 e. The van der Waals surface area contributed by atoms with E-state index in [9.17, 15) is 14.9 Å². The van der Waals surface area contributed by atoms with Gasteiger partial charge in [-0.05, 0) is 43.7 Å². The first-order chi connectivity index (χ1) is 10.4. The van der Waals surface area contributed by atoms with Crippen molar-refractivity contribution in [1.82, 2.24) is 0 Å². The van der Waals surface area contributed by atoms with Crippen molar-refractivity contribution in [2.24, 2.45) is 0 Å². The van der Waals surface area contributed by atoms with Gasteiger partial charge in [0.25, 0.3) is 0 Å². The van der Waals surface area contributed by atoms with Crippen molar-refractivity contribution in [3.05, 3.63) is 57.6 Å². The number of ketones is 1. The molecule has 0 atom stereocenters. The molecule has 0 heterocycles. The van der Waals surface area contributed by atoms with Gasteiger partial charge in [0.1, 0.15) is 0 Å². The standard InChI is InChI=1S/C16H15NO5/c1-10-4-6-15(16(8-10)21-3)22-14-7-5-12(11(2)18)9-13(14)17(19)20/h4-9H,1-3H3. The van der Waals surface area contributed by atoms with E-state index in [2.05, 4.69) is 0 Å². The molecule has 6 nitrogen and oxygen atoms in total. The summed E-state index contributed by atoms with van der Waals surface area (Å²) < 4.78 is 10.8. The number of hydrogen-bond donors (Lipinski definition) is 0. The summed E-state index contributed by atoms with van der Waals surface area (Å²) in [7, 11) is 1.49. The van der Waals surface area contributed by atoms with Crippen LogP contribution in [0.5, 0.6) is 17.2 Å². The summed E-state index contributed by atoms with van der Waals surface area (Å²) in [6, 6.07) is 9.37. The molecule has 0 bridgehead atoms. The van der Waals surface area contributed by atoms with Crippen LogP contribution in [-0.2, 0) is 0 Å². The summed E-state index contributed by atoms with van der Waals surface area (Å²) in [5.41, 5.74) is 0.968. The molecule has 0 amide bonds. The molecule has 2 aromatic rings. The first-order valence-electron chi connectivity index (χ1n) is 6.54. The molecule has 0 aliphatic rings. The van der Waals surface area contributed by atoms with Gasteiger partial charge in [0.2, 0.25) is 5.75 Å². The van der Waals surface area contributed by atoms with E-state index in [0.29, 0.717) is 11.5 Å². The quantitative estimate of drug-likeness (QED) is 0.475. The second kappa shape index (κ2) is 6.26. The number of Topliss-reactive ketones (excluding diaryl/α,β-unsaturated/α-hetero) is 1. The molecule has 114 valence electrons. The number of methoxy groups -OCH3 is 1. The highest BCUT2D eigenvalue weighted by molar-refractivity contribution is 5.95. The van der Waals surface area contributed by atoms with Gasteiger partial charge in [0.15, 0.2) is 17.3 Å². The zero-order chi connectivity index (χ0) is 16.3. The topological polar surface area (TPSA) is 78.7 Å². The number of rotatable bonds is 5. The van der Waals surface area contributed by atoms with Crippen molar-refractivity contribution < 1.29 is 19.2 Å². The molecule has 0 aliphatic heterocycles. The van der Waals surface area contributed by atoms with E-state index in [-0.39, 0.29) is 22.8 Å². The highest BCUT2D eigenvalue weighted by Gasteiger charge is 2.19. The second-order valence-electron chi connectivity index (χ2n) is 4.75. The zero-order valence-corrected chi connectivity index (χ0v) is 12.5. The van der Waals surface area contributed by atoms with Gasteiger partial charge in [-0.3, -0.25) is 14.9 Å². The van der Waals surface area contributed by atoms with Crippen molar-refractivity contribution >= 4 is 11.5 Å². The minimum absolute atomic E-state index is 0.0529. The second-order valence-corrected chi connectivity index (χ2v) is 4.75. The summed E-state index contributed by atoms with van der Waals surface area (Å²) in [5, 5.41) is 11.2. The molecule has 0 unspecified atom stereocenters. The molecular weight excluding hydrogens is 286 g/mol. The fourth-order valence-corrected chi connectivity index (χ4v) is 1.94. The molecule has 0 N–H and O–H groups in total. The fraction of sp³-hybridized carbons (Fsp3) is 0.188. The number of carbonyl (C=O) groups is 1. The number of ether oxygens (including phenoxy) is 2. The Balaban J connectivity index is 2.45. The number of nitro groups is 1.